The molecule has 0 unspecified atom stereocenters. The third-order valence-corrected chi connectivity index (χ3v) is 3.06. The number of rotatable bonds is 4. The minimum Gasteiger partial charge on any atom is -0.489 e. The van der Waals surface area contributed by atoms with Crippen molar-refractivity contribution in [3.63, 3.8) is 0 Å². The van der Waals surface area contributed by atoms with Gasteiger partial charge in [-0.1, -0.05) is 16.8 Å². The summed E-state index contributed by atoms with van der Waals surface area (Å²) < 4.78 is 10.3. The van der Waals surface area contributed by atoms with Crippen LogP contribution in [0.5, 0.6) is 5.75 Å². The van der Waals surface area contributed by atoms with Crippen LogP contribution in [0, 0.1) is 0 Å². The Balaban J connectivity index is 1.87. The Kier molecular flexibility index (Phi) is 2.91. The smallest absolute Gasteiger partial charge is 0.374 e. The zero-order valence-corrected chi connectivity index (χ0v) is 10.6. The van der Waals surface area contributed by atoms with E-state index < -0.39 is 5.97 Å². The van der Waals surface area contributed by atoms with Crippen molar-refractivity contribution in [1.29, 1.82) is 0 Å². The zero-order chi connectivity index (χ0) is 13.4. The maximum atomic E-state index is 10.7. The number of carbonyl (C=O) groups is 1. The molecule has 3 rings (SSSR count). The lowest BCUT2D eigenvalue weighted by Crippen LogP contribution is -1.96. The summed E-state index contributed by atoms with van der Waals surface area (Å²) in [7, 11) is 0. The summed E-state index contributed by atoms with van der Waals surface area (Å²) in [5.74, 6) is -0.724. The highest BCUT2D eigenvalue weighted by Crippen LogP contribution is 2.34. The van der Waals surface area contributed by atoms with Gasteiger partial charge in [0.2, 0.25) is 5.76 Å². The van der Waals surface area contributed by atoms with Crippen LogP contribution in [0.3, 0.4) is 0 Å². The molecule has 0 spiro atoms. The molecule has 1 saturated carbocycles. The first-order chi connectivity index (χ1) is 9.13. The number of benzene rings is 1. The van der Waals surface area contributed by atoms with Gasteiger partial charge < -0.3 is 14.4 Å². The highest BCUT2D eigenvalue weighted by atomic mass is 35.5. The number of carboxylic acid groups (broad SMARTS) is 1. The van der Waals surface area contributed by atoms with E-state index in [0.29, 0.717) is 22.0 Å². The first-order valence-corrected chi connectivity index (χ1v) is 6.18. The molecule has 19 heavy (non-hydrogen) atoms. The second-order valence-electron chi connectivity index (χ2n) is 4.34. The molecular formula is C13H10ClNO4. The number of hydrogen-bond acceptors (Lipinski definition) is 4. The second kappa shape index (κ2) is 4.59. The van der Waals surface area contributed by atoms with Crippen LogP contribution in [0.4, 0.5) is 0 Å². The molecule has 1 N–H and O–H groups in total. The Hall–Kier alpha value is -2.01. The van der Waals surface area contributed by atoms with Gasteiger partial charge in [-0.2, -0.15) is 0 Å². The summed E-state index contributed by atoms with van der Waals surface area (Å²) in [6, 6.07) is 6.57. The summed E-state index contributed by atoms with van der Waals surface area (Å²) in [5.41, 5.74) is 1.11. The number of aromatic nitrogens is 1. The first kappa shape index (κ1) is 12.0. The molecule has 1 aliphatic rings. The molecule has 0 bridgehead atoms. The molecule has 0 atom stereocenters. The Bertz CT molecular complexity index is 633. The maximum absolute atomic E-state index is 10.7. The third kappa shape index (κ3) is 2.56. The molecule has 98 valence electrons. The van der Waals surface area contributed by atoms with Gasteiger partial charge in [-0.25, -0.2) is 4.79 Å². The topological polar surface area (TPSA) is 72.6 Å². The summed E-state index contributed by atoms with van der Waals surface area (Å²) in [4.78, 5) is 10.7. The maximum Gasteiger partial charge on any atom is 0.374 e. The molecule has 1 aromatic heterocycles. The van der Waals surface area contributed by atoms with E-state index >= 15 is 0 Å². The number of aromatic carboxylic acids is 1. The minimum atomic E-state index is -1.15. The highest BCUT2D eigenvalue weighted by molar-refractivity contribution is 6.32. The van der Waals surface area contributed by atoms with Gasteiger partial charge in [0.1, 0.15) is 11.4 Å². The highest BCUT2D eigenvalue weighted by Gasteiger charge is 2.24. The monoisotopic (exact) mass is 279 g/mol. The van der Waals surface area contributed by atoms with Crippen molar-refractivity contribution >= 4 is 17.6 Å². The third-order valence-electron chi connectivity index (χ3n) is 2.77. The van der Waals surface area contributed by atoms with Gasteiger partial charge in [0.15, 0.2) is 0 Å². The number of nitrogens with zero attached hydrogens (tertiary/aromatic N) is 1. The molecule has 1 heterocycles. The lowest BCUT2D eigenvalue weighted by atomic mass is 10.1. The molecular weight excluding hydrogens is 270 g/mol. The Morgan fingerprint density at radius 1 is 1.42 bits per heavy atom. The van der Waals surface area contributed by atoms with Gasteiger partial charge >= 0.3 is 5.97 Å². The van der Waals surface area contributed by atoms with Crippen molar-refractivity contribution < 1.29 is 19.2 Å². The molecule has 2 aromatic rings. The van der Waals surface area contributed by atoms with Gasteiger partial charge in [-0.15, -0.1) is 0 Å². The molecule has 5 nitrogen and oxygen atoms in total. The Labute approximate surface area is 113 Å². The van der Waals surface area contributed by atoms with Crippen LogP contribution in [0.1, 0.15) is 23.4 Å². The molecule has 0 amide bonds. The fourth-order valence-electron chi connectivity index (χ4n) is 1.63. The summed E-state index contributed by atoms with van der Waals surface area (Å²) >= 11 is 6.12. The second-order valence-corrected chi connectivity index (χ2v) is 4.75. The number of hydrogen-bond donors (Lipinski definition) is 1. The van der Waals surface area contributed by atoms with E-state index in [2.05, 4.69) is 5.16 Å². The Morgan fingerprint density at radius 2 is 2.21 bits per heavy atom. The van der Waals surface area contributed by atoms with Crippen LogP contribution in [0.25, 0.3) is 11.3 Å². The number of halogens is 1. The van der Waals surface area contributed by atoms with Crippen LogP contribution in [-0.2, 0) is 0 Å². The van der Waals surface area contributed by atoms with Crippen molar-refractivity contribution in [2.45, 2.75) is 18.9 Å². The van der Waals surface area contributed by atoms with Crippen LogP contribution in [0.15, 0.2) is 28.8 Å². The van der Waals surface area contributed by atoms with E-state index in [4.69, 9.17) is 26.0 Å². The van der Waals surface area contributed by atoms with Crippen molar-refractivity contribution in [2.24, 2.45) is 0 Å². The van der Waals surface area contributed by atoms with E-state index in [-0.39, 0.29) is 11.9 Å². The van der Waals surface area contributed by atoms with Crippen LogP contribution >= 0.6 is 11.6 Å². The predicted molar refractivity (Wildman–Crippen MR) is 67.6 cm³/mol. The van der Waals surface area contributed by atoms with Crippen molar-refractivity contribution in [3.8, 4) is 17.0 Å². The molecule has 0 radical (unpaired) electrons. The van der Waals surface area contributed by atoms with Gasteiger partial charge in [0.05, 0.1) is 11.1 Å². The van der Waals surface area contributed by atoms with Crippen LogP contribution in [0.2, 0.25) is 5.02 Å². The van der Waals surface area contributed by atoms with Gasteiger partial charge in [-0.3, -0.25) is 0 Å². The van der Waals surface area contributed by atoms with Crippen molar-refractivity contribution in [2.75, 3.05) is 0 Å². The summed E-state index contributed by atoms with van der Waals surface area (Å²) in [6.07, 6.45) is 2.39. The average molecular weight is 280 g/mol. The van der Waals surface area contributed by atoms with Crippen LogP contribution in [-0.4, -0.2) is 22.3 Å². The minimum absolute atomic E-state index is 0.204. The number of ether oxygens (including phenoxy) is 1. The molecule has 0 aliphatic heterocycles. The first-order valence-electron chi connectivity index (χ1n) is 5.80. The quantitative estimate of drug-likeness (QED) is 0.930. The predicted octanol–water partition coefficient (Wildman–Crippen LogP) is 3.23. The fourth-order valence-corrected chi connectivity index (χ4v) is 1.86. The SMILES string of the molecule is O=C(O)c1cc(-c2ccc(OC3CC3)c(Cl)c2)no1. The van der Waals surface area contributed by atoms with E-state index in [1.165, 1.54) is 6.07 Å². The average Bonchev–Trinajstić information content (AvgIpc) is 3.05. The van der Waals surface area contributed by atoms with Gasteiger partial charge in [0, 0.05) is 11.6 Å². The summed E-state index contributed by atoms with van der Waals surface area (Å²) in [5, 5.41) is 12.9. The molecule has 1 fully saturated rings. The lowest BCUT2D eigenvalue weighted by Gasteiger charge is -2.07. The van der Waals surface area contributed by atoms with E-state index in [0.717, 1.165) is 12.8 Å². The normalized spacial score (nSPS) is 14.4. The summed E-state index contributed by atoms with van der Waals surface area (Å²) in [6.45, 7) is 0. The molecule has 1 aliphatic carbocycles. The number of carboxylic acids is 1. The lowest BCUT2D eigenvalue weighted by molar-refractivity contribution is 0.0652. The van der Waals surface area contributed by atoms with Gasteiger partial charge in [-0.05, 0) is 31.0 Å². The van der Waals surface area contributed by atoms with Gasteiger partial charge in [0.25, 0.3) is 0 Å². The van der Waals surface area contributed by atoms with E-state index in [1.54, 1.807) is 18.2 Å². The molecule has 6 heteroatoms. The van der Waals surface area contributed by atoms with E-state index in [9.17, 15) is 4.79 Å². The largest absolute Gasteiger partial charge is 0.489 e. The molecule has 1 aromatic carbocycles. The van der Waals surface area contributed by atoms with E-state index in [1.807, 2.05) is 0 Å². The fraction of sp³-hybridized carbons (Fsp3) is 0.231. The molecule has 0 saturated heterocycles. The van der Waals surface area contributed by atoms with Crippen molar-refractivity contribution in [3.05, 3.63) is 35.0 Å². The Morgan fingerprint density at radius 3 is 2.79 bits per heavy atom. The standard InChI is InChI=1S/C13H10ClNO4/c14-9-5-7(1-4-11(9)18-8-2-3-8)10-6-12(13(16)17)19-15-10/h1,4-6,8H,2-3H2,(H,16,17). The van der Waals surface area contributed by atoms with Crippen LogP contribution < -0.4 is 4.74 Å². The zero-order valence-electron chi connectivity index (χ0n) is 9.80. The van der Waals surface area contributed by atoms with Crippen molar-refractivity contribution in [1.82, 2.24) is 5.16 Å².